The molecule has 19 heteroatoms. The summed E-state index contributed by atoms with van der Waals surface area (Å²) in [7, 11) is -9.90. The summed E-state index contributed by atoms with van der Waals surface area (Å²) in [6.45, 7) is 14.0. The third-order valence-corrected chi connectivity index (χ3v) is 18.4. The van der Waals surface area contributed by atoms with Crippen LogP contribution in [0.5, 0.6) is 0 Å². The number of hydrogen-bond acceptors (Lipinski definition) is 15. The van der Waals surface area contributed by atoms with Gasteiger partial charge in [-0.1, -0.05) is 287 Å². The zero-order chi connectivity index (χ0) is 65.4. The van der Waals surface area contributed by atoms with Crippen LogP contribution in [0, 0.1) is 23.7 Å². The third kappa shape index (κ3) is 60.3. The molecule has 522 valence electrons. The minimum atomic E-state index is -4.95. The molecular formula is C69H134O17P2. The van der Waals surface area contributed by atoms with Gasteiger partial charge in [0.25, 0.3) is 0 Å². The van der Waals surface area contributed by atoms with Gasteiger partial charge in [-0.05, 0) is 49.4 Å². The fraction of sp³-hybridized carbons (Fsp3) is 0.942. The molecule has 0 fully saturated rings. The first-order valence-electron chi connectivity index (χ1n) is 35.8. The Bertz CT molecular complexity index is 1750. The van der Waals surface area contributed by atoms with Crippen LogP contribution in [0.25, 0.3) is 0 Å². The fourth-order valence-electron chi connectivity index (χ4n) is 10.2. The summed E-state index contributed by atoms with van der Waals surface area (Å²) in [4.78, 5) is 72.4. The topological polar surface area (TPSA) is 237 Å². The van der Waals surface area contributed by atoms with Gasteiger partial charge in [0.2, 0.25) is 0 Å². The van der Waals surface area contributed by atoms with Crippen LogP contribution in [-0.2, 0) is 65.4 Å². The predicted octanol–water partition coefficient (Wildman–Crippen LogP) is 19.3. The van der Waals surface area contributed by atoms with Crippen molar-refractivity contribution in [2.24, 2.45) is 23.7 Å². The van der Waals surface area contributed by atoms with Crippen molar-refractivity contribution in [3.63, 3.8) is 0 Å². The molecule has 0 aromatic rings. The molecule has 0 aromatic heterocycles. The Morgan fingerprint density at radius 2 is 0.545 bits per heavy atom. The van der Waals surface area contributed by atoms with Crippen molar-refractivity contribution in [1.82, 2.24) is 0 Å². The highest BCUT2D eigenvalue weighted by molar-refractivity contribution is 7.47. The van der Waals surface area contributed by atoms with Crippen molar-refractivity contribution in [2.75, 3.05) is 39.6 Å². The lowest BCUT2D eigenvalue weighted by Gasteiger charge is -2.21. The molecule has 88 heavy (non-hydrogen) atoms. The Hall–Kier alpha value is -1.94. The van der Waals surface area contributed by atoms with Crippen LogP contribution in [-0.4, -0.2) is 96.7 Å². The summed E-state index contributed by atoms with van der Waals surface area (Å²) >= 11 is 0. The number of rotatable bonds is 66. The van der Waals surface area contributed by atoms with E-state index in [1.54, 1.807) is 0 Å². The highest BCUT2D eigenvalue weighted by Gasteiger charge is 2.30. The minimum absolute atomic E-state index is 0.101. The molecule has 0 saturated carbocycles. The molecule has 4 unspecified atom stereocenters. The average Bonchev–Trinajstić information content (AvgIpc) is 3.69. The van der Waals surface area contributed by atoms with Gasteiger partial charge in [-0.15, -0.1) is 0 Å². The number of esters is 4. The highest BCUT2D eigenvalue weighted by Crippen LogP contribution is 2.45. The molecule has 0 aromatic carbocycles. The molecule has 0 spiro atoms. The van der Waals surface area contributed by atoms with Crippen molar-refractivity contribution in [3.05, 3.63) is 0 Å². The van der Waals surface area contributed by atoms with E-state index in [1.165, 1.54) is 135 Å². The zero-order valence-corrected chi connectivity index (χ0v) is 59.1. The van der Waals surface area contributed by atoms with Crippen LogP contribution in [0.2, 0.25) is 0 Å². The molecule has 0 aliphatic rings. The largest absolute Gasteiger partial charge is 0.472 e. The van der Waals surface area contributed by atoms with Crippen LogP contribution in [0.1, 0.15) is 338 Å². The summed E-state index contributed by atoms with van der Waals surface area (Å²) in [5, 5.41) is 10.6. The van der Waals surface area contributed by atoms with E-state index >= 15 is 0 Å². The third-order valence-electron chi connectivity index (χ3n) is 16.5. The second-order valence-electron chi connectivity index (χ2n) is 26.4. The van der Waals surface area contributed by atoms with Crippen LogP contribution in [0.3, 0.4) is 0 Å². The normalized spacial score (nSPS) is 14.9. The first kappa shape index (κ1) is 86.1. The van der Waals surface area contributed by atoms with Crippen molar-refractivity contribution in [2.45, 2.75) is 356 Å². The number of phosphoric ester groups is 2. The molecule has 0 aliphatic heterocycles. The second kappa shape index (κ2) is 58.8. The summed E-state index contributed by atoms with van der Waals surface area (Å²) in [5.41, 5.74) is 0. The minimum Gasteiger partial charge on any atom is -0.462 e. The number of aliphatic hydroxyl groups is 1. The van der Waals surface area contributed by atoms with Crippen LogP contribution in [0.4, 0.5) is 0 Å². The Balaban J connectivity index is 5.19. The highest BCUT2D eigenvalue weighted by atomic mass is 31.2. The van der Waals surface area contributed by atoms with Crippen molar-refractivity contribution in [1.29, 1.82) is 0 Å². The number of phosphoric acid groups is 2. The summed E-state index contributed by atoms with van der Waals surface area (Å²) in [5.74, 6) is 0.831. The van der Waals surface area contributed by atoms with E-state index in [9.17, 15) is 43.2 Å². The van der Waals surface area contributed by atoms with Gasteiger partial charge in [0.1, 0.15) is 19.3 Å². The molecular weight excluding hydrogens is 1160 g/mol. The number of aliphatic hydroxyl groups excluding tert-OH is 1. The number of ether oxygens (including phenoxy) is 4. The van der Waals surface area contributed by atoms with E-state index in [0.29, 0.717) is 31.6 Å². The lowest BCUT2D eigenvalue weighted by Crippen LogP contribution is -2.30. The van der Waals surface area contributed by atoms with E-state index in [1.807, 2.05) is 0 Å². The zero-order valence-electron chi connectivity index (χ0n) is 57.3. The summed E-state index contributed by atoms with van der Waals surface area (Å²) in [6.07, 6.45) is 40.6. The molecule has 0 rings (SSSR count). The Morgan fingerprint density at radius 3 is 0.807 bits per heavy atom. The average molecular weight is 1300 g/mol. The first-order valence-corrected chi connectivity index (χ1v) is 38.8. The molecule has 0 heterocycles. The maximum absolute atomic E-state index is 13.0. The first-order chi connectivity index (χ1) is 42.2. The van der Waals surface area contributed by atoms with Crippen molar-refractivity contribution in [3.8, 4) is 0 Å². The summed E-state index contributed by atoms with van der Waals surface area (Å²) < 4.78 is 68.1. The van der Waals surface area contributed by atoms with Crippen LogP contribution in [0.15, 0.2) is 0 Å². The fourth-order valence-corrected chi connectivity index (χ4v) is 11.8. The van der Waals surface area contributed by atoms with E-state index in [2.05, 4.69) is 55.4 Å². The Kier molecular flexibility index (Phi) is 57.6. The molecule has 0 amide bonds. The lowest BCUT2D eigenvalue weighted by atomic mass is 9.99. The standard InChI is InChI=1S/C69H134O17P2/c1-9-61(7)47-39-31-22-17-15-13-11-12-14-16-18-23-33-41-49-66(71)79-55-64(85-68(73)51-43-35-24-20-19-21-29-37-45-59(3)4)57-83-87(75,76)81-53-63(70)54-82-88(77,78)84-58-65(56-80-67(72)50-42-34-27-25-30-38-46-60(5)6)86-69(74)52-44-36-28-26-32-40-48-62(8)10-2/h59-65,70H,9-58H2,1-8H3,(H,75,76)(H,77,78)/t61?,62?,63-,64-,65-/m1/s1. The molecule has 3 N–H and O–H groups in total. The second-order valence-corrected chi connectivity index (χ2v) is 29.3. The summed E-state index contributed by atoms with van der Waals surface area (Å²) in [6, 6.07) is 0. The van der Waals surface area contributed by atoms with E-state index in [-0.39, 0.29) is 25.7 Å². The molecule has 17 nitrogen and oxygen atoms in total. The van der Waals surface area contributed by atoms with Crippen LogP contribution < -0.4 is 0 Å². The number of carbonyl (C=O) groups excluding carboxylic acids is 4. The molecule has 0 saturated heterocycles. The maximum atomic E-state index is 13.0. The van der Waals surface area contributed by atoms with Gasteiger partial charge in [-0.2, -0.15) is 0 Å². The number of carbonyl (C=O) groups is 4. The molecule has 7 atom stereocenters. The molecule has 0 radical (unpaired) electrons. The number of unbranched alkanes of at least 4 members (excludes halogenated alkanes) is 30. The van der Waals surface area contributed by atoms with Crippen LogP contribution >= 0.6 is 15.6 Å². The van der Waals surface area contributed by atoms with Gasteiger partial charge in [0, 0.05) is 25.7 Å². The monoisotopic (exact) mass is 1300 g/mol. The van der Waals surface area contributed by atoms with Gasteiger partial charge in [-0.25, -0.2) is 9.13 Å². The van der Waals surface area contributed by atoms with Gasteiger partial charge >= 0.3 is 39.5 Å². The van der Waals surface area contributed by atoms with Crippen molar-refractivity contribution >= 4 is 39.5 Å². The smallest absolute Gasteiger partial charge is 0.462 e. The van der Waals surface area contributed by atoms with Gasteiger partial charge in [0.15, 0.2) is 12.2 Å². The number of hydrogen-bond donors (Lipinski definition) is 3. The lowest BCUT2D eigenvalue weighted by molar-refractivity contribution is -0.161. The SMILES string of the molecule is CCC(C)CCCCCCCCCCCCCCCCC(=O)OC[C@H](COP(=O)(O)OC[C@@H](O)COP(=O)(O)OC[C@@H](COC(=O)CCCCCCCCC(C)C)OC(=O)CCCCCCCCC(C)CC)OC(=O)CCCCCCCCCCC(C)C. The van der Waals surface area contributed by atoms with E-state index in [0.717, 1.165) is 114 Å². The van der Waals surface area contributed by atoms with Gasteiger partial charge in [0.05, 0.1) is 26.4 Å². The van der Waals surface area contributed by atoms with Crippen molar-refractivity contribution < 1.29 is 80.2 Å². The Morgan fingerprint density at radius 1 is 0.318 bits per heavy atom. The quantitative estimate of drug-likeness (QED) is 0.0222. The Labute approximate surface area is 537 Å². The van der Waals surface area contributed by atoms with Gasteiger partial charge < -0.3 is 33.8 Å². The molecule has 0 bridgehead atoms. The van der Waals surface area contributed by atoms with E-state index in [4.69, 9.17) is 37.0 Å². The predicted molar refractivity (Wildman–Crippen MR) is 354 cm³/mol. The van der Waals surface area contributed by atoms with E-state index < -0.39 is 97.5 Å². The molecule has 0 aliphatic carbocycles. The van der Waals surface area contributed by atoms with Gasteiger partial charge in [-0.3, -0.25) is 37.3 Å². The maximum Gasteiger partial charge on any atom is 0.472 e.